The van der Waals surface area contributed by atoms with E-state index in [9.17, 15) is 14.7 Å². The van der Waals surface area contributed by atoms with Crippen LogP contribution in [0.15, 0.2) is 53.9 Å². The normalized spacial score (nSPS) is 11.1. The van der Waals surface area contributed by atoms with Crippen LogP contribution in [-0.2, 0) is 0 Å². The average molecular weight is 338 g/mol. The van der Waals surface area contributed by atoms with Gasteiger partial charge in [0.05, 0.1) is 10.4 Å². The second kappa shape index (κ2) is 5.30. The second-order valence-corrected chi connectivity index (χ2v) is 7.17. The fourth-order valence-electron chi connectivity index (χ4n) is 2.62. The Morgan fingerprint density at radius 2 is 1.57 bits per heavy atom. The minimum absolute atomic E-state index is 0.0467. The summed E-state index contributed by atoms with van der Waals surface area (Å²) in [6.07, 6.45) is 0. The number of carbonyl (C=O) groups excluding carboxylic acids is 1. The Morgan fingerprint density at radius 1 is 0.870 bits per heavy atom. The van der Waals surface area contributed by atoms with E-state index in [1.165, 1.54) is 11.3 Å². The third-order valence-corrected chi connectivity index (χ3v) is 5.82. The Bertz CT molecular complexity index is 1040. The summed E-state index contributed by atoms with van der Waals surface area (Å²) in [5, 5.41) is 13.1. The van der Waals surface area contributed by atoms with Gasteiger partial charge in [-0.25, -0.2) is 4.79 Å². The molecule has 5 heteroatoms. The van der Waals surface area contributed by atoms with Gasteiger partial charge in [0.15, 0.2) is 0 Å². The number of carboxylic acids is 1. The maximum Gasteiger partial charge on any atom is 0.336 e. The van der Waals surface area contributed by atoms with E-state index in [-0.39, 0.29) is 16.9 Å². The van der Waals surface area contributed by atoms with E-state index in [1.807, 2.05) is 41.8 Å². The molecule has 0 amide bonds. The van der Waals surface area contributed by atoms with Crippen LogP contribution in [0.5, 0.6) is 0 Å². The first-order valence-electron chi connectivity index (χ1n) is 6.91. The Labute approximate surface area is 139 Å². The molecule has 2 aromatic heterocycles. The smallest absolute Gasteiger partial charge is 0.336 e. The number of carbonyl (C=O) groups is 2. The van der Waals surface area contributed by atoms with Crippen LogP contribution >= 0.6 is 22.7 Å². The number of fused-ring (bicyclic) bond motifs is 2. The summed E-state index contributed by atoms with van der Waals surface area (Å²) in [7, 11) is 0. The third-order valence-electron chi connectivity index (χ3n) is 3.72. The predicted octanol–water partition coefficient (Wildman–Crippen LogP) is 5.05. The molecule has 0 saturated heterocycles. The molecule has 0 saturated carbocycles. The van der Waals surface area contributed by atoms with Crippen LogP contribution in [0.1, 0.15) is 25.6 Å². The standard InChI is InChI=1S/C18H10O3S2/c19-17(16-9-15-14(23-16)5-6-22-15)12-7-10-3-1-2-4-11(10)8-13(12)18(20)21/h1-9H,(H,20,21). The van der Waals surface area contributed by atoms with Crippen LogP contribution in [0, 0.1) is 0 Å². The highest BCUT2D eigenvalue weighted by Crippen LogP contribution is 2.32. The number of benzene rings is 2. The van der Waals surface area contributed by atoms with E-state index in [2.05, 4.69) is 0 Å². The molecule has 0 aliphatic carbocycles. The summed E-state index contributed by atoms with van der Waals surface area (Å²) in [5.74, 6) is -1.32. The highest BCUT2D eigenvalue weighted by Gasteiger charge is 2.21. The highest BCUT2D eigenvalue weighted by atomic mass is 32.1. The third kappa shape index (κ3) is 2.34. The minimum Gasteiger partial charge on any atom is -0.478 e. The fraction of sp³-hybridized carbons (Fsp3) is 0. The van der Waals surface area contributed by atoms with Gasteiger partial charge in [0.2, 0.25) is 5.78 Å². The van der Waals surface area contributed by atoms with Crippen molar-refractivity contribution in [2.45, 2.75) is 0 Å². The van der Waals surface area contributed by atoms with Crippen molar-refractivity contribution in [1.82, 2.24) is 0 Å². The Morgan fingerprint density at radius 3 is 2.22 bits per heavy atom. The van der Waals surface area contributed by atoms with Crippen LogP contribution in [-0.4, -0.2) is 16.9 Å². The van der Waals surface area contributed by atoms with E-state index < -0.39 is 5.97 Å². The number of hydrogen-bond acceptors (Lipinski definition) is 4. The Kier molecular flexibility index (Phi) is 3.25. The van der Waals surface area contributed by atoms with E-state index in [0.29, 0.717) is 4.88 Å². The second-order valence-electron chi connectivity index (χ2n) is 5.14. The van der Waals surface area contributed by atoms with Crippen molar-refractivity contribution >= 4 is 54.6 Å². The average Bonchev–Trinajstić information content (AvgIpc) is 3.14. The molecule has 0 unspecified atom stereocenters. The van der Waals surface area contributed by atoms with Gasteiger partial charge in [-0.15, -0.1) is 22.7 Å². The summed E-state index contributed by atoms with van der Waals surface area (Å²) in [6, 6.07) is 14.5. The molecule has 0 fully saturated rings. The molecule has 112 valence electrons. The Hall–Kier alpha value is -2.50. The monoisotopic (exact) mass is 338 g/mol. The van der Waals surface area contributed by atoms with Crippen LogP contribution in [0.4, 0.5) is 0 Å². The molecule has 0 aliphatic rings. The number of rotatable bonds is 3. The van der Waals surface area contributed by atoms with Crippen LogP contribution in [0.25, 0.3) is 20.2 Å². The van der Waals surface area contributed by atoms with Gasteiger partial charge in [0, 0.05) is 15.0 Å². The number of aromatic carboxylic acids is 1. The van der Waals surface area contributed by atoms with Crippen LogP contribution in [0.2, 0.25) is 0 Å². The summed E-state index contributed by atoms with van der Waals surface area (Å²) in [6.45, 7) is 0. The first-order chi connectivity index (χ1) is 11.1. The molecular weight excluding hydrogens is 328 g/mol. The number of carboxylic acid groups (broad SMARTS) is 1. The van der Waals surface area contributed by atoms with Gasteiger partial charge in [-0.2, -0.15) is 0 Å². The topological polar surface area (TPSA) is 54.4 Å². The lowest BCUT2D eigenvalue weighted by molar-refractivity contribution is 0.0693. The predicted molar refractivity (Wildman–Crippen MR) is 94.0 cm³/mol. The molecule has 2 heterocycles. The summed E-state index contributed by atoms with van der Waals surface area (Å²) in [4.78, 5) is 25.0. The zero-order chi connectivity index (χ0) is 16.0. The van der Waals surface area contributed by atoms with Gasteiger partial charge < -0.3 is 5.11 Å². The van der Waals surface area contributed by atoms with Crippen molar-refractivity contribution in [3.8, 4) is 0 Å². The lowest BCUT2D eigenvalue weighted by atomic mass is 9.97. The first kappa shape index (κ1) is 14.1. The molecule has 0 radical (unpaired) electrons. The van der Waals surface area contributed by atoms with Gasteiger partial charge in [-0.1, -0.05) is 24.3 Å². The van der Waals surface area contributed by atoms with Crippen molar-refractivity contribution in [2.24, 2.45) is 0 Å². The van der Waals surface area contributed by atoms with Gasteiger partial charge in [-0.05, 0) is 40.4 Å². The summed E-state index contributed by atoms with van der Waals surface area (Å²) < 4.78 is 2.10. The van der Waals surface area contributed by atoms with E-state index in [0.717, 1.165) is 20.2 Å². The molecule has 2 aromatic carbocycles. The quantitative estimate of drug-likeness (QED) is 0.532. The van der Waals surface area contributed by atoms with Crippen molar-refractivity contribution in [3.05, 3.63) is 69.9 Å². The molecule has 0 bridgehead atoms. The SMILES string of the molecule is O=C(O)c1cc2ccccc2cc1C(=O)c1cc2sccc2s1. The molecule has 0 aliphatic heterocycles. The van der Waals surface area contributed by atoms with E-state index >= 15 is 0 Å². The van der Waals surface area contributed by atoms with Crippen molar-refractivity contribution in [1.29, 1.82) is 0 Å². The molecule has 0 spiro atoms. The molecule has 0 atom stereocenters. The van der Waals surface area contributed by atoms with Crippen LogP contribution in [0.3, 0.4) is 0 Å². The van der Waals surface area contributed by atoms with Gasteiger partial charge >= 0.3 is 5.97 Å². The number of ketones is 1. The van der Waals surface area contributed by atoms with Crippen LogP contribution < -0.4 is 0 Å². The summed E-state index contributed by atoms with van der Waals surface area (Å²) in [5.41, 5.74) is 0.288. The molecule has 4 aromatic rings. The lowest BCUT2D eigenvalue weighted by Crippen LogP contribution is -2.08. The summed E-state index contributed by atoms with van der Waals surface area (Å²) >= 11 is 2.98. The molecule has 23 heavy (non-hydrogen) atoms. The van der Waals surface area contributed by atoms with Crippen molar-refractivity contribution in [3.63, 3.8) is 0 Å². The van der Waals surface area contributed by atoms with Crippen molar-refractivity contribution < 1.29 is 14.7 Å². The minimum atomic E-state index is -1.09. The van der Waals surface area contributed by atoms with Gasteiger partial charge in [0.25, 0.3) is 0 Å². The van der Waals surface area contributed by atoms with E-state index in [4.69, 9.17) is 0 Å². The molecule has 4 rings (SSSR count). The largest absolute Gasteiger partial charge is 0.478 e. The highest BCUT2D eigenvalue weighted by molar-refractivity contribution is 7.28. The number of thiophene rings is 2. The van der Waals surface area contributed by atoms with Gasteiger partial charge in [0.1, 0.15) is 0 Å². The number of hydrogen-bond donors (Lipinski definition) is 1. The van der Waals surface area contributed by atoms with E-state index in [1.54, 1.807) is 23.5 Å². The maximum atomic E-state index is 12.8. The van der Waals surface area contributed by atoms with Crippen molar-refractivity contribution in [2.75, 3.05) is 0 Å². The molecule has 1 N–H and O–H groups in total. The molecule has 3 nitrogen and oxygen atoms in total. The zero-order valence-electron chi connectivity index (χ0n) is 11.8. The first-order valence-corrected chi connectivity index (χ1v) is 8.61. The maximum absolute atomic E-state index is 12.8. The zero-order valence-corrected chi connectivity index (χ0v) is 13.4. The Balaban J connectivity index is 1.92. The fourth-order valence-corrected chi connectivity index (χ4v) is 4.68. The lowest BCUT2D eigenvalue weighted by Gasteiger charge is -2.07. The molecular formula is C18H10O3S2. The van der Waals surface area contributed by atoms with Gasteiger partial charge in [-0.3, -0.25) is 4.79 Å².